The summed E-state index contributed by atoms with van der Waals surface area (Å²) >= 11 is 6.02. The predicted octanol–water partition coefficient (Wildman–Crippen LogP) is 4.85. The number of nitrogens with zero attached hydrogens (tertiary/aromatic N) is 5. The van der Waals surface area contributed by atoms with Gasteiger partial charge in [-0.15, -0.1) is 0 Å². The molecule has 2 aromatic heterocycles. The Morgan fingerprint density at radius 3 is 2.64 bits per heavy atom. The maximum atomic E-state index is 14.2. The number of rotatable bonds is 12. The van der Waals surface area contributed by atoms with Crippen molar-refractivity contribution in [3.05, 3.63) is 58.3 Å². The number of nitrogens with one attached hydrogen (secondary N) is 1. The second-order valence-electron chi connectivity index (χ2n) is 11.6. The van der Waals surface area contributed by atoms with E-state index in [1.807, 2.05) is 6.92 Å². The number of hydrogen-bond donors (Lipinski definition) is 2. The first-order valence-electron chi connectivity index (χ1n) is 12.8. The van der Waals surface area contributed by atoms with Gasteiger partial charge in [0.2, 0.25) is 0 Å². The smallest absolute Gasteiger partial charge is 0.272 e. The molecular formula is C27H36ClFN6O3Si. The van der Waals surface area contributed by atoms with Crippen LogP contribution >= 0.6 is 11.6 Å². The Bertz CT molecular complexity index is 1330. The molecule has 12 heteroatoms. The lowest BCUT2D eigenvalue weighted by atomic mass is 10.0. The molecule has 0 radical (unpaired) electrons. The molecule has 0 aliphatic rings. The number of carbonyl (C=O) groups excluding carboxylic acids is 1. The predicted molar refractivity (Wildman–Crippen MR) is 151 cm³/mol. The summed E-state index contributed by atoms with van der Waals surface area (Å²) in [6.45, 7) is 13.3. The van der Waals surface area contributed by atoms with Gasteiger partial charge in [-0.1, -0.05) is 31.2 Å². The van der Waals surface area contributed by atoms with Crippen LogP contribution in [0, 0.1) is 17.1 Å². The zero-order valence-corrected chi connectivity index (χ0v) is 25.0. The lowest BCUT2D eigenvalue weighted by Gasteiger charge is -2.18. The Morgan fingerprint density at radius 1 is 1.31 bits per heavy atom. The van der Waals surface area contributed by atoms with Gasteiger partial charge >= 0.3 is 0 Å². The van der Waals surface area contributed by atoms with Crippen LogP contribution < -0.4 is 5.32 Å². The van der Waals surface area contributed by atoms with E-state index in [2.05, 4.69) is 35.2 Å². The van der Waals surface area contributed by atoms with E-state index >= 15 is 0 Å². The topological polar surface area (TPSA) is 118 Å². The van der Waals surface area contributed by atoms with Crippen molar-refractivity contribution in [3.8, 4) is 17.3 Å². The normalized spacial score (nSPS) is 12.8. The van der Waals surface area contributed by atoms with Crippen LogP contribution in [0.25, 0.3) is 11.3 Å². The zero-order chi connectivity index (χ0) is 29.0. The minimum absolute atomic E-state index is 0.0209. The van der Waals surface area contributed by atoms with E-state index in [1.54, 1.807) is 47.6 Å². The van der Waals surface area contributed by atoms with Crippen LogP contribution in [0.1, 0.15) is 42.5 Å². The van der Waals surface area contributed by atoms with E-state index in [9.17, 15) is 14.3 Å². The van der Waals surface area contributed by atoms with E-state index < -0.39 is 19.5 Å². The first kappa shape index (κ1) is 30.5. The molecule has 0 saturated heterocycles. The maximum absolute atomic E-state index is 14.2. The number of nitriles is 1. The first-order valence-corrected chi connectivity index (χ1v) is 16.8. The summed E-state index contributed by atoms with van der Waals surface area (Å²) < 4.78 is 23.3. The highest BCUT2D eigenvalue weighted by Crippen LogP contribution is 2.27. The summed E-state index contributed by atoms with van der Waals surface area (Å²) in [6.07, 6.45) is 2.03. The van der Waals surface area contributed by atoms with E-state index in [1.165, 1.54) is 12.1 Å². The summed E-state index contributed by atoms with van der Waals surface area (Å²) in [6, 6.07) is 8.56. The summed E-state index contributed by atoms with van der Waals surface area (Å²) in [7, 11) is -1.24. The number of benzene rings is 1. The highest BCUT2D eigenvalue weighted by Gasteiger charge is 2.22. The van der Waals surface area contributed by atoms with Crippen LogP contribution in [0.4, 0.5) is 4.39 Å². The van der Waals surface area contributed by atoms with Gasteiger partial charge in [0, 0.05) is 44.6 Å². The van der Waals surface area contributed by atoms with Gasteiger partial charge in [-0.05, 0) is 51.1 Å². The second-order valence-corrected chi connectivity index (χ2v) is 17.6. The molecule has 2 N–H and O–H groups in total. The van der Waals surface area contributed by atoms with Gasteiger partial charge in [0.25, 0.3) is 5.91 Å². The molecule has 3 aromatic rings. The van der Waals surface area contributed by atoms with Crippen LogP contribution in [0.15, 0.2) is 30.5 Å². The van der Waals surface area contributed by atoms with Gasteiger partial charge in [-0.3, -0.25) is 9.48 Å². The molecule has 0 aliphatic carbocycles. The molecule has 0 bridgehead atoms. The Balaban J connectivity index is 1.66. The average Bonchev–Trinajstić information content (AvgIpc) is 3.42. The fourth-order valence-electron chi connectivity index (χ4n) is 3.86. The highest BCUT2D eigenvalue weighted by atomic mass is 35.5. The molecule has 0 fully saturated rings. The Labute approximate surface area is 234 Å². The molecule has 0 spiro atoms. The summed E-state index contributed by atoms with van der Waals surface area (Å²) in [5, 5.41) is 31.2. The summed E-state index contributed by atoms with van der Waals surface area (Å²) in [5.74, 6) is -1.06. The van der Waals surface area contributed by atoms with Gasteiger partial charge < -0.3 is 15.2 Å². The number of carbonyl (C=O) groups is 1. The number of halogens is 2. The molecule has 1 aromatic carbocycles. The van der Waals surface area contributed by atoms with Crippen molar-refractivity contribution >= 4 is 25.6 Å². The van der Waals surface area contributed by atoms with Gasteiger partial charge in [0.1, 0.15) is 24.2 Å². The fraction of sp³-hybridized carbons (Fsp3) is 0.481. The molecule has 39 heavy (non-hydrogen) atoms. The van der Waals surface area contributed by atoms with Crippen molar-refractivity contribution in [2.24, 2.45) is 0 Å². The van der Waals surface area contributed by atoms with E-state index in [0.717, 1.165) is 6.04 Å². The van der Waals surface area contributed by atoms with Crippen LogP contribution in [-0.2, 0) is 24.4 Å². The molecule has 2 heterocycles. The van der Waals surface area contributed by atoms with E-state index in [-0.39, 0.29) is 35.0 Å². The van der Waals surface area contributed by atoms with Crippen LogP contribution in [0.2, 0.25) is 30.7 Å². The maximum Gasteiger partial charge on any atom is 0.272 e. The molecular weight excluding hydrogens is 539 g/mol. The lowest BCUT2D eigenvalue weighted by molar-refractivity contribution is 0.0610. The molecule has 1 unspecified atom stereocenters. The van der Waals surface area contributed by atoms with Crippen LogP contribution in [0.5, 0.6) is 0 Å². The number of hydrogen-bond acceptors (Lipinski definition) is 6. The van der Waals surface area contributed by atoms with Crippen molar-refractivity contribution in [1.82, 2.24) is 24.9 Å². The SMILES string of the molecule is CC(Cn1ccc(-c2cc(F)c(C#N)c(Cl)c2)n1)NC(=O)c1cc(CC(C)(C)O)n(COCC[Si](C)(C)C)n1. The van der Waals surface area contributed by atoms with Crippen molar-refractivity contribution in [1.29, 1.82) is 5.26 Å². The van der Waals surface area contributed by atoms with Crippen molar-refractivity contribution in [2.75, 3.05) is 6.61 Å². The van der Waals surface area contributed by atoms with Gasteiger partial charge in [-0.2, -0.15) is 15.5 Å². The second kappa shape index (κ2) is 12.4. The van der Waals surface area contributed by atoms with E-state index in [0.29, 0.717) is 36.5 Å². The number of aromatic nitrogens is 4. The standard InChI is InChI=1S/C27H36ClFN6O3Si/c1-18(16-34-8-7-24(32-34)19-11-22(28)21(15-30)23(29)12-19)31-26(36)25-13-20(14-27(2,3)37)35(33-25)17-38-9-10-39(4,5)6/h7-8,11-13,18,37H,9-10,14,16-17H2,1-6H3,(H,31,36). The number of ether oxygens (including phenoxy) is 1. The molecule has 0 aliphatic heterocycles. The Hall–Kier alpha value is -3.04. The third-order valence-corrected chi connectivity index (χ3v) is 7.85. The molecule has 0 saturated carbocycles. The van der Waals surface area contributed by atoms with Gasteiger partial charge in [0.15, 0.2) is 5.69 Å². The third kappa shape index (κ3) is 9.00. The summed E-state index contributed by atoms with van der Waals surface area (Å²) in [5.41, 5.74) is 0.697. The van der Waals surface area contributed by atoms with Crippen LogP contribution in [-0.4, -0.2) is 56.9 Å². The zero-order valence-electron chi connectivity index (χ0n) is 23.3. The largest absolute Gasteiger partial charge is 0.390 e. The monoisotopic (exact) mass is 574 g/mol. The summed E-state index contributed by atoms with van der Waals surface area (Å²) in [4.78, 5) is 13.0. The first-order chi connectivity index (χ1) is 18.1. The fourth-order valence-corrected chi connectivity index (χ4v) is 4.87. The van der Waals surface area contributed by atoms with Crippen molar-refractivity contribution in [2.45, 2.75) is 77.8 Å². The molecule has 3 rings (SSSR count). The van der Waals surface area contributed by atoms with Gasteiger partial charge in [-0.25, -0.2) is 9.07 Å². The van der Waals surface area contributed by atoms with Crippen LogP contribution in [0.3, 0.4) is 0 Å². The van der Waals surface area contributed by atoms with Gasteiger partial charge in [0.05, 0.1) is 22.9 Å². The quantitative estimate of drug-likeness (QED) is 0.236. The average molecular weight is 575 g/mol. The molecule has 1 amide bonds. The van der Waals surface area contributed by atoms with E-state index in [4.69, 9.17) is 21.6 Å². The third-order valence-electron chi connectivity index (χ3n) is 5.85. The minimum atomic E-state index is -1.24. The molecule has 9 nitrogen and oxygen atoms in total. The van der Waals surface area contributed by atoms with Crippen molar-refractivity contribution in [3.63, 3.8) is 0 Å². The molecule has 210 valence electrons. The lowest BCUT2D eigenvalue weighted by Crippen LogP contribution is -2.36. The Morgan fingerprint density at radius 2 is 2.03 bits per heavy atom. The van der Waals surface area contributed by atoms with Crippen molar-refractivity contribution < 1.29 is 19.0 Å². The Kier molecular flexibility index (Phi) is 9.72. The highest BCUT2D eigenvalue weighted by molar-refractivity contribution is 6.76. The number of aliphatic hydroxyl groups is 1. The minimum Gasteiger partial charge on any atom is -0.390 e. The molecule has 1 atom stereocenters. The number of amides is 1.